The van der Waals surface area contributed by atoms with Gasteiger partial charge in [-0.3, -0.25) is 0 Å². The van der Waals surface area contributed by atoms with Crippen LogP contribution in [0.3, 0.4) is 0 Å². The summed E-state index contributed by atoms with van der Waals surface area (Å²) in [5, 5.41) is 9.72. The molecule has 1 fully saturated rings. The van der Waals surface area contributed by atoms with Gasteiger partial charge in [0.25, 0.3) is 0 Å². The lowest BCUT2D eigenvalue weighted by Crippen LogP contribution is -2.19. The van der Waals surface area contributed by atoms with Crippen molar-refractivity contribution < 1.29 is 23.8 Å². The lowest BCUT2D eigenvalue weighted by Gasteiger charge is -2.25. The zero-order chi connectivity index (χ0) is 14.5. The van der Waals surface area contributed by atoms with Gasteiger partial charge < -0.3 is 14.6 Å². The van der Waals surface area contributed by atoms with E-state index in [1.54, 1.807) is 6.92 Å². The summed E-state index contributed by atoms with van der Waals surface area (Å²) >= 11 is 0. The van der Waals surface area contributed by atoms with Crippen LogP contribution in [0.25, 0.3) is 0 Å². The highest BCUT2D eigenvalue weighted by Crippen LogP contribution is 2.28. The predicted molar refractivity (Wildman–Crippen MR) is 70.8 cm³/mol. The molecule has 1 aliphatic rings. The van der Waals surface area contributed by atoms with Crippen LogP contribution in [0.1, 0.15) is 37.9 Å². The zero-order valence-electron chi connectivity index (χ0n) is 11.5. The molecular formula is C15H19FO4. The first-order chi connectivity index (χ1) is 9.61. The van der Waals surface area contributed by atoms with Gasteiger partial charge in [-0.05, 0) is 43.4 Å². The largest absolute Gasteiger partial charge is 0.490 e. The monoisotopic (exact) mass is 282 g/mol. The molecule has 0 aromatic heterocycles. The van der Waals surface area contributed by atoms with Gasteiger partial charge in [-0.2, -0.15) is 0 Å². The normalized spacial score (nSPS) is 16.4. The molecule has 0 radical (unpaired) electrons. The van der Waals surface area contributed by atoms with Crippen LogP contribution >= 0.6 is 0 Å². The number of esters is 1. The van der Waals surface area contributed by atoms with E-state index in [9.17, 15) is 14.3 Å². The van der Waals surface area contributed by atoms with E-state index < -0.39 is 17.9 Å². The molecule has 1 aromatic carbocycles. The Morgan fingerprint density at radius 3 is 2.80 bits per heavy atom. The fraction of sp³-hybridized carbons (Fsp3) is 0.533. The Balaban J connectivity index is 1.98. The highest BCUT2D eigenvalue weighted by molar-refractivity contribution is 5.76. The molecule has 0 bridgehead atoms. The van der Waals surface area contributed by atoms with Crippen LogP contribution in [-0.4, -0.2) is 24.3 Å². The first-order valence-electron chi connectivity index (χ1n) is 6.88. The molecule has 1 saturated carbocycles. The number of ether oxygens (including phenoxy) is 2. The Hall–Kier alpha value is -1.62. The fourth-order valence-corrected chi connectivity index (χ4v) is 2.03. The van der Waals surface area contributed by atoms with Crippen molar-refractivity contribution in [2.24, 2.45) is 5.92 Å². The molecule has 0 amide bonds. The lowest BCUT2D eigenvalue weighted by atomic mass is 9.86. The van der Waals surface area contributed by atoms with Crippen LogP contribution in [0.5, 0.6) is 5.75 Å². The van der Waals surface area contributed by atoms with Gasteiger partial charge >= 0.3 is 5.97 Å². The Labute approximate surface area is 117 Å². The number of aliphatic hydroxyl groups is 1. The number of hydrogen-bond donors (Lipinski definition) is 1. The van der Waals surface area contributed by atoms with Crippen molar-refractivity contribution in [2.45, 2.75) is 32.3 Å². The number of hydrogen-bond acceptors (Lipinski definition) is 4. The smallest absolute Gasteiger partial charge is 0.339 e. The van der Waals surface area contributed by atoms with Crippen molar-refractivity contribution >= 4 is 5.97 Å². The minimum absolute atomic E-state index is 0.150. The standard InChI is InChI=1S/C15H19FO4/c1-2-19-15(18)14(17)11-6-7-13(12(16)8-11)20-9-10-4-3-5-10/h6-8,10,14,17H,2-5,9H2,1H3. The number of aliphatic hydroxyl groups excluding tert-OH is 1. The average Bonchev–Trinajstić information content (AvgIpc) is 2.38. The van der Waals surface area contributed by atoms with Gasteiger partial charge in [0.05, 0.1) is 13.2 Å². The van der Waals surface area contributed by atoms with E-state index in [1.165, 1.54) is 18.6 Å². The van der Waals surface area contributed by atoms with Gasteiger partial charge in [0, 0.05) is 0 Å². The molecule has 0 spiro atoms. The number of halogens is 1. The summed E-state index contributed by atoms with van der Waals surface area (Å²) in [4.78, 5) is 11.4. The summed E-state index contributed by atoms with van der Waals surface area (Å²) in [5.74, 6) is -0.698. The molecule has 0 saturated heterocycles. The zero-order valence-corrected chi connectivity index (χ0v) is 11.5. The van der Waals surface area contributed by atoms with Crippen molar-refractivity contribution in [3.63, 3.8) is 0 Å². The highest BCUT2D eigenvalue weighted by atomic mass is 19.1. The highest BCUT2D eigenvalue weighted by Gasteiger charge is 2.21. The van der Waals surface area contributed by atoms with Gasteiger partial charge in [0.2, 0.25) is 0 Å². The number of carbonyl (C=O) groups excluding carboxylic acids is 1. The van der Waals surface area contributed by atoms with E-state index >= 15 is 0 Å². The summed E-state index contributed by atoms with van der Waals surface area (Å²) in [6, 6.07) is 4.02. The minimum atomic E-state index is -1.47. The van der Waals surface area contributed by atoms with E-state index in [0.717, 1.165) is 18.9 Å². The maximum absolute atomic E-state index is 13.8. The summed E-state index contributed by atoms with van der Waals surface area (Å²) < 4.78 is 23.9. The van der Waals surface area contributed by atoms with Crippen LogP contribution in [-0.2, 0) is 9.53 Å². The van der Waals surface area contributed by atoms with Crippen LogP contribution in [0.15, 0.2) is 18.2 Å². The predicted octanol–water partition coefficient (Wildman–Crippen LogP) is 2.60. The summed E-state index contributed by atoms with van der Waals surface area (Å²) in [7, 11) is 0. The van der Waals surface area contributed by atoms with E-state index in [1.807, 2.05) is 0 Å². The molecule has 1 aromatic rings. The first-order valence-corrected chi connectivity index (χ1v) is 6.88. The molecule has 0 aliphatic heterocycles. The second kappa shape index (κ2) is 6.70. The van der Waals surface area contributed by atoms with Crippen LogP contribution in [0.4, 0.5) is 4.39 Å². The molecule has 5 heteroatoms. The topological polar surface area (TPSA) is 55.8 Å². The van der Waals surface area contributed by atoms with Gasteiger partial charge in [-0.25, -0.2) is 9.18 Å². The maximum atomic E-state index is 13.8. The third-order valence-electron chi connectivity index (χ3n) is 3.48. The van der Waals surface area contributed by atoms with E-state index in [0.29, 0.717) is 12.5 Å². The Morgan fingerprint density at radius 1 is 1.50 bits per heavy atom. The molecule has 1 unspecified atom stereocenters. The first kappa shape index (κ1) is 14.8. The molecule has 20 heavy (non-hydrogen) atoms. The van der Waals surface area contributed by atoms with E-state index in [-0.39, 0.29) is 17.9 Å². The Morgan fingerprint density at radius 2 is 2.25 bits per heavy atom. The third-order valence-corrected chi connectivity index (χ3v) is 3.48. The quantitative estimate of drug-likeness (QED) is 0.815. The van der Waals surface area contributed by atoms with Crippen molar-refractivity contribution in [3.05, 3.63) is 29.6 Å². The third kappa shape index (κ3) is 3.48. The molecule has 1 atom stereocenters. The van der Waals surface area contributed by atoms with Gasteiger partial charge in [0.15, 0.2) is 17.7 Å². The number of rotatable bonds is 6. The van der Waals surface area contributed by atoms with Crippen LogP contribution in [0.2, 0.25) is 0 Å². The van der Waals surface area contributed by atoms with E-state index in [2.05, 4.69) is 4.74 Å². The van der Waals surface area contributed by atoms with Gasteiger partial charge in [0.1, 0.15) is 0 Å². The molecule has 1 N–H and O–H groups in total. The van der Waals surface area contributed by atoms with Crippen LogP contribution < -0.4 is 4.74 Å². The average molecular weight is 282 g/mol. The Kier molecular flexibility index (Phi) is 4.95. The second-order valence-electron chi connectivity index (χ2n) is 4.95. The van der Waals surface area contributed by atoms with E-state index in [4.69, 9.17) is 4.74 Å². The fourth-order valence-electron chi connectivity index (χ4n) is 2.03. The second-order valence-corrected chi connectivity index (χ2v) is 4.95. The van der Waals surface area contributed by atoms with Crippen molar-refractivity contribution in [1.29, 1.82) is 0 Å². The SMILES string of the molecule is CCOC(=O)C(O)c1ccc(OCC2CCC2)c(F)c1. The minimum Gasteiger partial charge on any atom is -0.490 e. The molecule has 4 nitrogen and oxygen atoms in total. The van der Waals surface area contributed by atoms with Crippen molar-refractivity contribution in [2.75, 3.05) is 13.2 Å². The molecule has 110 valence electrons. The van der Waals surface area contributed by atoms with Crippen LogP contribution in [0, 0.1) is 11.7 Å². The Bertz CT molecular complexity index is 471. The maximum Gasteiger partial charge on any atom is 0.339 e. The summed E-state index contributed by atoms with van der Waals surface area (Å²) in [6.07, 6.45) is 1.99. The lowest BCUT2D eigenvalue weighted by molar-refractivity contribution is -0.153. The van der Waals surface area contributed by atoms with Gasteiger partial charge in [-0.15, -0.1) is 0 Å². The summed E-state index contributed by atoms with van der Waals surface area (Å²) in [5.41, 5.74) is 0.164. The van der Waals surface area contributed by atoms with Crippen molar-refractivity contribution in [3.8, 4) is 5.75 Å². The number of benzene rings is 1. The summed E-state index contributed by atoms with van der Waals surface area (Å²) in [6.45, 7) is 2.32. The molecule has 2 rings (SSSR count). The molecule has 0 heterocycles. The van der Waals surface area contributed by atoms with Crippen molar-refractivity contribution in [1.82, 2.24) is 0 Å². The number of carbonyl (C=O) groups is 1. The molecule has 1 aliphatic carbocycles. The van der Waals surface area contributed by atoms with Gasteiger partial charge in [-0.1, -0.05) is 12.5 Å². The molecular weight excluding hydrogens is 263 g/mol.